The zero-order valence-electron chi connectivity index (χ0n) is 14.1. The van der Waals surface area contributed by atoms with Crippen LogP contribution in [0.3, 0.4) is 0 Å². The fraction of sp³-hybridized carbons (Fsp3) is 0.176. The van der Waals surface area contributed by atoms with Crippen molar-refractivity contribution in [3.05, 3.63) is 64.8 Å². The molecule has 0 radical (unpaired) electrons. The quantitative estimate of drug-likeness (QED) is 0.672. The Kier molecular flexibility index (Phi) is 5.22. The lowest BCUT2D eigenvalue weighted by atomic mass is 10.2. The summed E-state index contributed by atoms with van der Waals surface area (Å²) in [7, 11) is 0. The number of amides is 1. The number of anilines is 1. The van der Waals surface area contributed by atoms with Crippen LogP contribution >= 0.6 is 11.6 Å². The molecular formula is C17H15ClFN5O3. The van der Waals surface area contributed by atoms with Crippen LogP contribution in [0.4, 0.5) is 10.2 Å². The first-order chi connectivity index (χ1) is 12.8. The number of carbonyl (C=O) groups excluding carboxylic acids is 1. The molecule has 0 aliphatic heterocycles. The van der Waals surface area contributed by atoms with Gasteiger partial charge in [-0.25, -0.2) is 9.18 Å². The second-order valence-corrected chi connectivity index (χ2v) is 6.18. The van der Waals surface area contributed by atoms with E-state index in [2.05, 4.69) is 15.5 Å². The maximum absolute atomic E-state index is 13.9. The van der Waals surface area contributed by atoms with Crippen molar-refractivity contribution < 1.29 is 19.1 Å². The summed E-state index contributed by atoms with van der Waals surface area (Å²) in [5.74, 6) is -1.74. The summed E-state index contributed by atoms with van der Waals surface area (Å²) in [5.41, 5.74) is 0.485. The van der Waals surface area contributed by atoms with Crippen LogP contribution in [-0.2, 0) is 11.3 Å². The predicted octanol–water partition coefficient (Wildman–Crippen LogP) is 2.82. The van der Waals surface area contributed by atoms with E-state index in [0.717, 1.165) is 0 Å². The molecule has 10 heteroatoms. The van der Waals surface area contributed by atoms with Crippen LogP contribution in [0.5, 0.6) is 0 Å². The van der Waals surface area contributed by atoms with Crippen LogP contribution in [0.2, 0.25) is 5.02 Å². The highest BCUT2D eigenvalue weighted by Crippen LogP contribution is 2.20. The molecule has 1 aromatic carbocycles. The minimum atomic E-state index is -1.06. The van der Waals surface area contributed by atoms with Gasteiger partial charge in [-0.1, -0.05) is 17.7 Å². The number of nitrogens with zero attached hydrogens (tertiary/aromatic N) is 4. The molecule has 1 amide bonds. The van der Waals surface area contributed by atoms with Gasteiger partial charge < -0.3 is 10.4 Å². The molecule has 2 aromatic heterocycles. The molecule has 0 aliphatic carbocycles. The van der Waals surface area contributed by atoms with Gasteiger partial charge in [-0.2, -0.15) is 10.2 Å². The summed E-state index contributed by atoms with van der Waals surface area (Å²) >= 11 is 6.00. The molecule has 0 saturated heterocycles. The van der Waals surface area contributed by atoms with Gasteiger partial charge >= 0.3 is 5.97 Å². The highest BCUT2D eigenvalue weighted by atomic mass is 35.5. The minimum absolute atomic E-state index is 0.107. The molecule has 0 bridgehead atoms. The Labute approximate surface area is 158 Å². The van der Waals surface area contributed by atoms with Gasteiger partial charge in [0.1, 0.15) is 11.9 Å². The Hall–Kier alpha value is -3.20. The number of carbonyl (C=O) groups is 2. The standard InChI is InChI=1S/C17H15ClFN5O3/c1-10(17(26)27)24-8-11(7-20-24)16(25)21-15-5-6-23(22-15)9-12-13(18)3-2-4-14(12)19/h2-8,10H,9H2,1H3,(H,26,27)(H,21,22,25). The SMILES string of the molecule is CC(C(=O)O)n1cc(C(=O)Nc2ccn(Cc3c(F)cccc3Cl)n2)cn1. The lowest BCUT2D eigenvalue weighted by molar-refractivity contribution is -0.140. The monoisotopic (exact) mass is 391 g/mol. The van der Waals surface area contributed by atoms with E-state index in [4.69, 9.17) is 16.7 Å². The van der Waals surface area contributed by atoms with Crippen molar-refractivity contribution in [2.75, 3.05) is 5.32 Å². The van der Waals surface area contributed by atoms with E-state index in [1.807, 2.05) is 0 Å². The van der Waals surface area contributed by atoms with Crippen LogP contribution in [0.1, 0.15) is 28.9 Å². The van der Waals surface area contributed by atoms with Crippen molar-refractivity contribution in [1.29, 1.82) is 0 Å². The summed E-state index contributed by atoms with van der Waals surface area (Å²) in [5, 5.41) is 19.9. The predicted molar refractivity (Wildman–Crippen MR) is 95.3 cm³/mol. The molecule has 3 aromatic rings. The largest absolute Gasteiger partial charge is 0.480 e. The minimum Gasteiger partial charge on any atom is -0.480 e. The molecule has 0 spiro atoms. The van der Waals surface area contributed by atoms with E-state index in [-0.39, 0.29) is 22.9 Å². The summed E-state index contributed by atoms with van der Waals surface area (Å²) in [6.07, 6.45) is 4.18. The second kappa shape index (κ2) is 7.58. The number of nitrogens with one attached hydrogen (secondary N) is 1. The molecule has 0 saturated carbocycles. The second-order valence-electron chi connectivity index (χ2n) is 5.78. The number of benzene rings is 1. The molecule has 27 heavy (non-hydrogen) atoms. The summed E-state index contributed by atoms with van der Waals surface area (Å²) in [6, 6.07) is 5.07. The van der Waals surface area contributed by atoms with Gasteiger partial charge in [0.05, 0.1) is 18.3 Å². The number of aromatic nitrogens is 4. The average molecular weight is 392 g/mol. The maximum Gasteiger partial charge on any atom is 0.328 e. The van der Waals surface area contributed by atoms with Gasteiger partial charge in [-0.05, 0) is 19.1 Å². The highest BCUT2D eigenvalue weighted by molar-refractivity contribution is 6.31. The van der Waals surface area contributed by atoms with E-state index in [1.54, 1.807) is 18.3 Å². The Morgan fingerprint density at radius 2 is 2.15 bits per heavy atom. The van der Waals surface area contributed by atoms with Crippen molar-refractivity contribution in [2.24, 2.45) is 0 Å². The molecule has 0 fully saturated rings. The van der Waals surface area contributed by atoms with Gasteiger partial charge in [-0.15, -0.1) is 0 Å². The first-order valence-electron chi connectivity index (χ1n) is 7.90. The third-order valence-corrected chi connectivity index (χ3v) is 4.24. The van der Waals surface area contributed by atoms with Crippen LogP contribution in [0, 0.1) is 5.82 Å². The molecule has 2 N–H and O–H groups in total. The highest BCUT2D eigenvalue weighted by Gasteiger charge is 2.17. The Morgan fingerprint density at radius 1 is 1.37 bits per heavy atom. The van der Waals surface area contributed by atoms with Crippen LogP contribution < -0.4 is 5.32 Å². The Bertz CT molecular complexity index is 980. The molecule has 8 nitrogen and oxygen atoms in total. The molecule has 140 valence electrons. The van der Waals surface area contributed by atoms with E-state index < -0.39 is 23.7 Å². The Morgan fingerprint density at radius 3 is 2.85 bits per heavy atom. The first-order valence-corrected chi connectivity index (χ1v) is 8.27. The van der Waals surface area contributed by atoms with E-state index in [1.165, 1.54) is 40.8 Å². The number of hydrogen-bond donors (Lipinski definition) is 2. The molecule has 0 aliphatic rings. The zero-order chi connectivity index (χ0) is 19.6. The first kappa shape index (κ1) is 18.6. The van der Waals surface area contributed by atoms with Crippen molar-refractivity contribution in [2.45, 2.75) is 19.5 Å². The number of aliphatic carboxylic acids is 1. The molecule has 1 unspecified atom stereocenters. The van der Waals surface area contributed by atoms with Crippen LogP contribution in [-0.4, -0.2) is 36.5 Å². The van der Waals surface area contributed by atoms with Gasteiger partial charge in [0.25, 0.3) is 5.91 Å². The number of halogens is 2. The lowest BCUT2D eigenvalue weighted by Gasteiger charge is -2.06. The third-order valence-electron chi connectivity index (χ3n) is 3.88. The number of rotatable bonds is 6. The Balaban J connectivity index is 1.69. The summed E-state index contributed by atoms with van der Waals surface area (Å²) in [6.45, 7) is 1.56. The normalized spacial score (nSPS) is 12.0. The summed E-state index contributed by atoms with van der Waals surface area (Å²) < 4.78 is 16.5. The average Bonchev–Trinajstić information content (AvgIpc) is 3.27. The molecule has 2 heterocycles. The zero-order valence-corrected chi connectivity index (χ0v) is 14.9. The van der Waals surface area contributed by atoms with Gasteiger partial charge in [0.15, 0.2) is 5.82 Å². The van der Waals surface area contributed by atoms with Crippen molar-refractivity contribution in [3.8, 4) is 0 Å². The number of carboxylic acid groups (broad SMARTS) is 1. The van der Waals surface area contributed by atoms with Crippen LogP contribution in [0.15, 0.2) is 42.9 Å². The van der Waals surface area contributed by atoms with Gasteiger partial charge in [-0.3, -0.25) is 14.2 Å². The lowest BCUT2D eigenvalue weighted by Crippen LogP contribution is -2.16. The fourth-order valence-corrected chi connectivity index (χ4v) is 2.55. The topological polar surface area (TPSA) is 102 Å². The number of carboxylic acids is 1. The van der Waals surface area contributed by atoms with Crippen LogP contribution in [0.25, 0.3) is 0 Å². The van der Waals surface area contributed by atoms with E-state index in [0.29, 0.717) is 5.56 Å². The number of hydrogen-bond acceptors (Lipinski definition) is 4. The fourth-order valence-electron chi connectivity index (χ4n) is 2.33. The molecular weight excluding hydrogens is 377 g/mol. The summed E-state index contributed by atoms with van der Waals surface area (Å²) in [4.78, 5) is 23.2. The molecule has 1 atom stereocenters. The van der Waals surface area contributed by atoms with E-state index in [9.17, 15) is 14.0 Å². The van der Waals surface area contributed by atoms with Gasteiger partial charge in [0.2, 0.25) is 0 Å². The van der Waals surface area contributed by atoms with E-state index >= 15 is 0 Å². The van der Waals surface area contributed by atoms with Gasteiger partial charge in [0, 0.05) is 29.0 Å². The maximum atomic E-state index is 13.9. The van der Waals surface area contributed by atoms with Crippen molar-refractivity contribution in [1.82, 2.24) is 19.6 Å². The smallest absolute Gasteiger partial charge is 0.328 e. The van der Waals surface area contributed by atoms with Crippen molar-refractivity contribution in [3.63, 3.8) is 0 Å². The van der Waals surface area contributed by atoms with Crippen molar-refractivity contribution >= 4 is 29.3 Å². The molecule has 3 rings (SSSR count). The third kappa shape index (κ3) is 4.14.